The lowest BCUT2D eigenvalue weighted by Crippen LogP contribution is -2.35. The van der Waals surface area contributed by atoms with Crippen molar-refractivity contribution in [1.29, 1.82) is 0 Å². The Morgan fingerprint density at radius 1 is 1.22 bits per heavy atom. The zero-order chi connectivity index (χ0) is 17.1. The number of hydrogen-bond donors (Lipinski definition) is 0. The van der Waals surface area contributed by atoms with Gasteiger partial charge in [-0.25, -0.2) is 4.79 Å². The van der Waals surface area contributed by atoms with Crippen molar-refractivity contribution in [3.05, 3.63) is 45.6 Å². The molecule has 0 radical (unpaired) electrons. The maximum Gasteiger partial charge on any atom is 0.336 e. The quantitative estimate of drug-likeness (QED) is 0.743. The molecule has 0 amide bonds. The first kappa shape index (κ1) is 17.6. The van der Waals surface area contributed by atoms with Crippen molar-refractivity contribution in [2.45, 2.75) is 33.1 Å². The van der Waals surface area contributed by atoms with Gasteiger partial charge in [0, 0.05) is 28.2 Å². The van der Waals surface area contributed by atoms with Gasteiger partial charge < -0.3 is 4.74 Å². The van der Waals surface area contributed by atoms with E-state index < -0.39 is 11.9 Å². The van der Waals surface area contributed by atoms with Gasteiger partial charge in [-0.15, -0.1) is 0 Å². The van der Waals surface area contributed by atoms with Crippen LogP contribution in [0.3, 0.4) is 0 Å². The predicted molar refractivity (Wildman–Crippen MR) is 93.5 cm³/mol. The molecule has 2 rings (SSSR count). The molecule has 0 fully saturated rings. The number of nitrogens with zero attached hydrogens (tertiary/aromatic N) is 1. The fourth-order valence-electron chi connectivity index (χ4n) is 3.08. The molecule has 1 aromatic carbocycles. The van der Waals surface area contributed by atoms with Crippen molar-refractivity contribution in [3.63, 3.8) is 0 Å². The van der Waals surface area contributed by atoms with Crippen LogP contribution < -0.4 is 0 Å². The normalized spacial score (nSPS) is 21.0. The topological polar surface area (TPSA) is 55.7 Å². The van der Waals surface area contributed by atoms with Gasteiger partial charge in [-0.2, -0.15) is 0 Å². The number of ether oxygens (including phenoxy) is 1. The number of carbonyl (C=O) groups is 2. The lowest BCUT2D eigenvalue weighted by Gasteiger charge is -2.31. The fourth-order valence-corrected chi connectivity index (χ4v) is 3.34. The third-order valence-electron chi connectivity index (χ3n) is 4.16. The summed E-state index contributed by atoms with van der Waals surface area (Å²) in [6.45, 7) is 5.47. The van der Waals surface area contributed by atoms with Gasteiger partial charge in [-0.05, 0) is 31.5 Å². The van der Waals surface area contributed by atoms with Gasteiger partial charge >= 0.3 is 5.97 Å². The number of hydrogen-bond acceptors (Lipinski definition) is 4. The van der Waals surface area contributed by atoms with Crippen LogP contribution in [0.15, 0.2) is 45.0 Å². The van der Waals surface area contributed by atoms with Gasteiger partial charge in [0.05, 0.1) is 18.6 Å². The van der Waals surface area contributed by atoms with Crippen molar-refractivity contribution in [2.24, 2.45) is 10.9 Å². The summed E-state index contributed by atoms with van der Waals surface area (Å²) in [6, 6.07) is 7.68. The van der Waals surface area contributed by atoms with Gasteiger partial charge in [-0.3, -0.25) is 9.79 Å². The van der Waals surface area contributed by atoms with E-state index in [4.69, 9.17) is 4.74 Å². The summed E-state index contributed by atoms with van der Waals surface area (Å²) in [5.41, 5.74) is 2.73. The van der Waals surface area contributed by atoms with Crippen LogP contribution in [-0.2, 0) is 14.3 Å². The van der Waals surface area contributed by atoms with E-state index in [1.54, 1.807) is 6.92 Å². The van der Waals surface area contributed by atoms with Crippen molar-refractivity contribution < 1.29 is 14.3 Å². The molecule has 1 heterocycles. The minimum atomic E-state index is -0.432. The van der Waals surface area contributed by atoms with E-state index in [9.17, 15) is 9.59 Å². The molecule has 122 valence electrons. The minimum Gasteiger partial charge on any atom is -0.466 e. The van der Waals surface area contributed by atoms with Crippen LogP contribution in [0.1, 0.15) is 38.7 Å². The molecule has 4 nitrogen and oxygen atoms in total. The highest BCUT2D eigenvalue weighted by molar-refractivity contribution is 9.10. The number of aliphatic imine (C=N–C) groups is 1. The summed E-state index contributed by atoms with van der Waals surface area (Å²) in [5, 5.41) is 0. The number of benzene rings is 1. The number of rotatable bonds is 4. The molecule has 1 aliphatic rings. The van der Waals surface area contributed by atoms with E-state index >= 15 is 0 Å². The number of esters is 1. The second-order valence-electron chi connectivity index (χ2n) is 5.57. The number of carbonyl (C=O) groups excluding carboxylic acids is 2. The van der Waals surface area contributed by atoms with Crippen LogP contribution in [0, 0.1) is 5.92 Å². The van der Waals surface area contributed by atoms with Gasteiger partial charge in [0.25, 0.3) is 0 Å². The molecule has 1 aromatic rings. The zero-order valence-electron chi connectivity index (χ0n) is 13.7. The smallest absolute Gasteiger partial charge is 0.336 e. The van der Waals surface area contributed by atoms with E-state index in [1.165, 1.54) is 7.11 Å². The molecule has 0 saturated carbocycles. The Bertz CT molecular complexity index is 689. The molecule has 1 aliphatic heterocycles. The van der Waals surface area contributed by atoms with Crippen LogP contribution in [0.4, 0.5) is 0 Å². The Balaban J connectivity index is 2.65. The Morgan fingerprint density at radius 3 is 2.35 bits per heavy atom. The molecule has 0 bridgehead atoms. The van der Waals surface area contributed by atoms with E-state index in [1.807, 2.05) is 38.1 Å². The summed E-state index contributed by atoms with van der Waals surface area (Å²) in [5.74, 6) is -1.15. The zero-order valence-corrected chi connectivity index (χ0v) is 15.3. The Kier molecular flexibility index (Phi) is 5.52. The summed E-state index contributed by atoms with van der Waals surface area (Å²) in [7, 11) is 1.35. The molecular formula is C18H20BrNO3. The largest absolute Gasteiger partial charge is 0.466 e. The van der Waals surface area contributed by atoms with Crippen molar-refractivity contribution >= 4 is 33.4 Å². The van der Waals surface area contributed by atoms with Crippen LogP contribution in [0.25, 0.3) is 0 Å². The SMILES string of the molecule is CCC(=O)C1C(C)=NC(C)=C(C(=O)OC)[C@@H]1c1ccc(Br)cc1. The highest BCUT2D eigenvalue weighted by atomic mass is 79.9. The van der Waals surface area contributed by atoms with Crippen molar-refractivity contribution in [2.75, 3.05) is 7.11 Å². The molecule has 0 aliphatic carbocycles. The van der Waals surface area contributed by atoms with Gasteiger partial charge in [0.1, 0.15) is 5.78 Å². The first-order valence-corrected chi connectivity index (χ1v) is 8.32. The molecule has 0 spiro atoms. The highest BCUT2D eigenvalue weighted by Crippen LogP contribution is 2.40. The number of Topliss-reactive ketones (excluding diaryl/α,β-unsaturated/α-hetero) is 1. The molecule has 0 N–H and O–H groups in total. The Labute approximate surface area is 144 Å². The van der Waals surface area contributed by atoms with Crippen molar-refractivity contribution in [3.8, 4) is 0 Å². The molecule has 5 heteroatoms. The average molecular weight is 378 g/mol. The maximum atomic E-state index is 12.5. The number of halogens is 1. The number of allylic oxidation sites excluding steroid dienone is 1. The first-order chi connectivity index (χ1) is 10.9. The Hall–Kier alpha value is -1.75. The van der Waals surface area contributed by atoms with Crippen LogP contribution >= 0.6 is 15.9 Å². The van der Waals surface area contributed by atoms with E-state index in [2.05, 4.69) is 20.9 Å². The summed E-state index contributed by atoms with van der Waals surface area (Å²) < 4.78 is 5.89. The standard InChI is InChI=1S/C18H20BrNO3/c1-5-14(21)15-10(2)20-11(3)16(18(22)23-4)17(15)12-6-8-13(19)9-7-12/h6-9,15,17H,5H2,1-4H3/t15?,17-/m1/s1. The number of ketones is 1. The molecule has 2 atom stereocenters. The lowest BCUT2D eigenvalue weighted by molar-refractivity contribution is -0.136. The lowest BCUT2D eigenvalue weighted by atomic mass is 9.73. The second-order valence-corrected chi connectivity index (χ2v) is 6.49. The molecule has 23 heavy (non-hydrogen) atoms. The molecule has 1 unspecified atom stereocenters. The van der Waals surface area contributed by atoms with Gasteiger partial charge in [-0.1, -0.05) is 35.0 Å². The summed E-state index contributed by atoms with van der Waals surface area (Å²) in [6.07, 6.45) is 0.401. The van der Waals surface area contributed by atoms with E-state index in [0.717, 1.165) is 15.7 Å². The second kappa shape index (κ2) is 7.21. The summed E-state index contributed by atoms with van der Waals surface area (Å²) in [4.78, 5) is 29.3. The Morgan fingerprint density at radius 2 is 1.83 bits per heavy atom. The number of methoxy groups -OCH3 is 1. The maximum absolute atomic E-state index is 12.5. The van der Waals surface area contributed by atoms with E-state index in [0.29, 0.717) is 17.7 Å². The average Bonchev–Trinajstić information content (AvgIpc) is 2.53. The third kappa shape index (κ3) is 3.44. The monoisotopic (exact) mass is 377 g/mol. The summed E-state index contributed by atoms with van der Waals surface area (Å²) >= 11 is 3.41. The van der Waals surface area contributed by atoms with Crippen LogP contribution in [0.2, 0.25) is 0 Å². The minimum absolute atomic E-state index is 0.0769. The van der Waals surface area contributed by atoms with Crippen LogP contribution in [-0.4, -0.2) is 24.6 Å². The predicted octanol–water partition coefficient (Wildman–Crippen LogP) is 4.05. The van der Waals surface area contributed by atoms with Crippen LogP contribution in [0.5, 0.6) is 0 Å². The van der Waals surface area contributed by atoms with Gasteiger partial charge in [0.2, 0.25) is 0 Å². The fraction of sp³-hybridized carbons (Fsp3) is 0.389. The molecular weight excluding hydrogens is 358 g/mol. The van der Waals surface area contributed by atoms with Gasteiger partial charge in [0.15, 0.2) is 0 Å². The van der Waals surface area contributed by atoms with E-state index in [-0.39, 0.29) is 11.7 Å². The molecule has 0 saturated heterocycles. The highest BCUT2D eigenvalue weighted by Gasteiger charge is 2.40. The third-order valence-corrected chi connectivity index (χ3v) is 4.69. The van der Waals surface area contributed by atoms with Crippen molar-refractivity contribution in [1.82, 2.24) is 0 Å². The molecule has 0 aromatic heterocycles. The first-order valence-electron chi connectivity index (χ1n) is 7.53.